The van der Waals surface area contributed by atoms with Crippen LogP contribution in [0.5, 0.6) is 0 Å². The molecule has 0 aliphatic heterocycles. The summed E-state index contributed by atoms with van der Waals surface area (Å²) in [6, 6.07) is 29.0. The van der Waals surface area contributed by atoms with Gasteiger partial charge in [-0.2, -0.15) is 0 Å². The van der Waals surface area contributed by atoms with Crippen molar-refractivity contribution in [1.82, 2.24) is 25.3 Å². The summed E-state index contributed by atoms with van der Waals surface area (Å²) < 4.78 is 1.55. The average molecular weight is 491 g/mol. The van der Waals surface area contributed by atoms with Crippen molar-refractivity contribution in [3.63, 3.8) is 0 Å². The summed E-state index contributed by atoms with van der Waals surface area (Å²) in [5.74, 6) is -0.648. The van der Waals surface area contributed by atoms with E-state index in [-0.39, 0.29) is 18.4 Å². The zero-order valence-electron chi connectivity index (χ0n) is 20.4. The number of carbonyl (C=O) groups excluding carboxylic acids is 2. The van der Waals surface area contributed by atoms with Gasteiger partial charge in [0.15, 0.2) is 6.04 Å². The second-order valence-electron chi connectivity index (χ2n) is 8.70. The number of aromatic nitrogens is 4. The van der Waals surface area contributed by atoms with E-state index in [9.17, 15) is 9.59 Å². The monoisotopic (exact) mass is 490 g/mol. The highest BCUT2D eigenvalue weighted by Gasteiger charge is 2.34. The molecule has 0 bridgehead atoms. The van der Waals surface area contributed by atoms with Gasteiger partial charge in [0.05, 0.1) is 11.2 Å². The van der Waals surface area contributed by atoms with Gasteiger partial charge in [-0.05, 0) is 48.9 Å². The number of pyridine rings is 1. The third kappa shape index (κ3) is 5.38. The van der Waals surface area contributed by atoms with E-state index in [1.807, 2.05) is 91.9 Å². The highest BCUT2D eigenvalue weighted by atomic mass is 16.2. The fourth-order valence-electron chi connectivity index (χ4n) is 4.18. The molecule has 0 fully saturated rings. The first-order valence-corrected chi connectivity index (χ1v) is 12.0. The van der Waals surface area contributed by atoms with Crippen LogP contribution in [0.15, 0.2) is 103 Å². The number of hydrogen-bond acceptors (Lipinski definition) is 5. The first-order chi connectivity index (χ1) is 18.1. The molecule has 0 aliphatic rings. The van der Waals surface area contributed by atoms with E-state index in [1.165, 1.54) is 4.90 Å². The quantitative estimate of drug-likeness (QED) is 0.351. The largest absolute Gasteiger partial charge is 0.350 e. The van der Waals surface area contributed by atoms with Gasteiger partial charge in [0, 0.05) is 18.4 Å². The van der Waals surface area contributed by atoms with Gasteiger partial charge in [-0.25, -0.2) is 4.68 Å². The number of benzene rings is 3. The topological polar surface area (TPSA) is 93.0 Å². The summed E-state index contributed by atoms with van der Waals surface area (Å²) in [5.41, 5.74) is 4.48. The van der Waals surface area contributed by atoms with Crippen molar-refractivity contribution in [2.75, 3.05) is 4.90 Å². The van der Waals surface area contributed by atoms with Gasteiger partial charge in [-0.1, -0.05) is 71.4 Å². The van der Waals surface area contributed by atoms with Crippen molar-refractivity contribution in [3.05, 3.63) is 120 Å². The fraction of sp³-hybridized carbons (Fsp3) is 0.138. The van der Waals surface area contributed by atoms with Crippen LogP contribution in [0.2, 0.25) is 0 Å². The van der Waals surface area contributed by atoms with Crippen LogP contribution in [0.25, 0.3) is 11.0 Å². The Bertz CT molecular complexity index is 1500. The van der Waals surface area contributed by atoms with Crippen molar-refractivity contribution in [1.29, 1.82) is 0 Å². The number of amides is 2. The van der Waals surface area contributed by atoms with E-state index in [1.54, 1.807) is 23.0 Å². The van der Waals surface area contributed by atoms with Gasteiger partial charge in [-0.15, -0.1) is 5.10 Å². The molecule has 184 valence electrons. The number of aryl methyl sites for hydroxylation is 1. The van der Waals surface area contributed by atoms with E-state index in [4.69, 9.17) is 0 Å². The van der Waals surface area contributed by atoms with Crippen molar-refractivity contribution in [2.45, 2.75) is 26.1 Å². The van der Waals surface area contributed by atoms with Crippen LogP contribution >= 0.6 is 0 Å². The molecule has 2 amide bonds. The van der Waals surface area contributed by atoms with E-state index in [2.05, 4.69) is 20.6 Å². The van der Waals surface area contributed by atoms with Gasteiger partial charge in [0.25, 0.3) is 0 Å². The Kier molecular flexibility index (Phi) is 6.98. The second kappa shape index (κ2) is 10.8. The lowest BCUT2D eigenvalue weighted by atomic mass is 10.1. The van der Waals surface area contributed by atoms with Crippen LogP contribution in [0.3, 0.4) is 0 Å². The Hall–Kier alpha value is -4.85. The normalized spacial score (nSPS) is 11.7. The minimum absolute atomic E-state index is 0.0936. The van der Waals surface area contributed by atoms with Crippen LogP contribution < -0.4 is 10.2 Å². The Morgan fingerprint density at radius 2 is 1.62 bits per heavy atom. The maximum atomic E-state index is 14.0. The fourth-order valence-corrected chi connectivity index (χ4v) is 4.18. The standard InChI is InChI=1S/C29H26N6O2/c1-21-14-16-23(17-15-21)35(27(36)20-34-26-13-6-5-11-24(26)32-33-34)28(25-12-7-8-18-30-25)29(37)31-19-22-9-3-2-4-10-22/h2-18,28H,19-20H2,1H3,(H,31,37)/t28-/m0/s1. The van der Waals surface area contributed by atoms with Gasteiger partial charge < -0.3 is 5.32 Å². The van der Waals surface area contributed by atoms with Crippen LogP contribution in [0.1, 0.15) is 22.9 Å². The average Bonchev–Trinajstić information content (AvgIpc) is 3.34. The van der Waals surface area contributed by atoms with Gasteiger partial charge in [0.1, 0.15) is 12.1 Å². The summed E-state index contributed by atoms with van der Waals surface area (Å²) in [7, 11) is 0. The molecule has 3 aromatic carbocycles. The smallest absolute Gasteiger partial charge is 0.249 e. The third-order valence-corrected chi connectivity index (χ3v) is 6.07. The number of para-hydroxylation sites is 1. The summed E-state index contributed by atoms with van der Waals surface area (Å²) in [4.78, 5) is 33.7. The second-order valence-corrected chi connectivity index (χ2v) is 8.70. The summed E-state index contributed by atoms with van der Waals surface area (Å²) in [5, 5.41) is 11.3. The molecule has 0 unspecified atom stereocenters. The number of carbonyl (C=O) groups is 2. The molecule has 8 nitrogen and oxygen atoms in total. The predicted molar refractivity (Wildman–Crippen MR) is 141 cm³/mol. The van der Waals surface area contributed by atoms with E-state index >= 15 is 0 Å². The van der Waals surface area contributed by atoms with E-state index < -0.39 is 6.04 Å². The molecule has 0 aliphatic carbocycles. The minimum atomic E-state index is -0.991. The Balaban J connectivity index is 1.53. The lowest BCUT2D eigenvalue weighted by molar-refractivity contribution is -0.127. The first kappa shape index (κ1) is 23.9. The van der Waals surface area contributed by atoms with Crippen LogP contribution in [0, 0.1) is 6.92 Å². The molecular weight excluding hydrogens is 464 g/mol. The summed E-state index contributed by atoms with van der Waals surface area (Å²) in [6.07, 6.45) is 1.62. The zero-order valence-corrected chi connectivity index (χ0v) is 20.4. The highest BCUT2D eigenvalue weighted by molar-refractivity contribution is 6.01. The number of nitrogens with one attached hydrogen (secondary N) is 1. The predicted octanol–water partition coefficient (Wildman–Crippen LogP) is 4.23. The summed E-state index contributed by atoms with van der Waals surface area (Å²) in [6.45, 7) is 2.20. The Labute approximate surface area is 214 Å². The van der Waals surface area contributed by atoms with Crippen LogP contribution in [-0.2, 0) is 22.7 Å². The maximum Gasteiger partial charge on any atom is 0.249 e. The molecule has 5 rings (SSSR count). The van der Waals surface area contributed by atoms with E-state index in [0.717, 1.165) is 16.6 Å². The number of fused-ring (bicyclic) bond motifs is 1. The number of rotatable bonds is 8. The lowest BCUT2D eigenvalue weighted by Gasteiger charge is -2.31. The molecule has 0 radical (unpaired) electrons. The number of hydrogen-bond donors (Lipinski definition) is 1. The zero-order chi connectivity index (χ0) is 25.6. The van der Waals surface area contributed by atoms with Crippen molar-refractivity contribution >= 4 is 28.5 Å². The SMILES string of the molecule is Cc1ccc(N(C(=O)Cn2nnc3ccccc32)[C@H](C(=O)NCc2ccccc2)c2ccccn2)cc1. The molecule has 1 atom stereocenters. The molecule has 37 heavy (non-hydrogen) atoms. The molecule has 0 saturated heterocycles. The maximum absolute atomic E-state index is 14.0. The van der Waals surface area contributed by atoms with Crippen molar-refractivity contribution in [2.24, 2.45) is 0 Å². The molecule has 1 N–H and O–H groups in total. The highest BCUT2D eigenvalue weighted by Crippen LogP contribution is 2.28. The van der Waals surface area contributed by atoms with Gasteiger partial charge in [0.2, 0.25) is 11.8 Å². The van der Waals surface area contributed by atoms with Crippen LogP contribution in [0.4, 0.5) is 5.69 Å². The Morgan fingerprint density at radius 3 is 2.38 bits per heavy atom. The minimum Gasteiger partial charge on any atom is -0.350 e. The molecule has 2 heterocycles. The van der Waals surface area contributed by atoms with Crippen LogP contribution in [-0.4, -0.2) is 31.8 Å². The van der Waals surface area contributed by atoms with E-state index in [0.29, 0.717) is 23.4 Å². The number of nitrogens with zero attached hydrogens (tertiary/aromatic N) is 5. The van der Waals surface area contributed by atoms with Crippen molar-refractivity contribution in [3.8, 4) is 0 Å². The molecule has 5 aromatic rings. The lowest BCUT2D eigenvalue weighted by Crippen LogP contribution is -2.45. The molecule has 0 saturated carbocycles. The molecule has 0 spiro atoms. The van der Waals surface area contributed by atoms with Gasteiger partial charge >= 0.3 is 0 Å². The number of anilines is 1. The van der Waals surface area contributed by atoms with Gasteiger partial charge in [-0.3, -0.25) is 19.5 Å². The first-order valence-electron chi connectivity index (χ1n) is 12.0. The molecule has 2 aromatic heterocycles. The molecule has 8 heteroatoms. The Morgan fingerprint density at radius 1 is 0.892 bits per heavy atom. The van der Waals surface area contributed by atoms with Crippen molar-refractivity contribution < 1.29 is 9.59 Å². The molecular formula is C29H26N6O2. The third-order valence-electron chi connectivity index (χ3n) is 6.07. The summed E-state index contributed by atoms with van der Waals surface area (Å²) >= 11 is 0.